The van der Waals surface area contributed by atoms with Crippen LogP contribution in [0.3, 0.4) is 0 Å². The Morgan fingerprint density at radius 1 is 0.800 bits per heavy atom. The predicted molar refractivity (Wildman–Crippen MR) is 77.1 cm³/mol. The molecule has 0 unspecified atom stereocenters. The van der Waals surface area contributed by atoms with Gasteiger partial charge in [-0.05, 0) is 0 Å². The number of hydrogen-bond donors (Lipinski definition) is 2. The van der Waals surface area contributed by atoms with Crippen molar-refractivity contribution in [1.82, 2.24) is 0 Å². The summed E-state index contributed by atoms with van der Waals surface area (Å²) in [6.45, 7) is 0. The van der Waals surface area contributed by atoms with E-state index in [-0.39, 0.29) is 117 Å². The number of phenols is 2. The Morgan fingerprint density at radius 3 is 1.28 bits per heavy atom. The average Bonchev–Trinajstić information content (AvgIpc) is 2.45. The van der Waals surface area contributed by atoms with Gasteiger partial charge in [0.15, 0.2) is 0 Å². The standard InChI is InChI=1S/2C6H4NO3.2Hg.Na.2H2O.H/c2*8-6-4-2-1-3-5(6)7(9)10;;;;;;/h2*1-3,8H;;;;2*1H2;/q;;;;+1;;;-1. The molecule has 0 spiro atoms. The third kappa shape index (κ3) is 8.71. The van der Waals surface area contributed by atoms with Gasteiger partial charge in [0.05, 0.1) is 0 Å². The molecule has 0 amide bonds. The van der Waals surface area contributed by atoms with Gasteiger partial charge in [0.1, 0.15) is 0 Å². The largest absolute Gasteiger partial charge is 1.00 e. The number of para-hydroxylation sites is 2. The summed E-state index contributed by atoms with van der Waals surface area (Å²) in [5, 5.41) is 38.8. The van der Waals surface area contributed by atoms with E-state index in [4.69, 9.17) is 0 Å². The molecule has 0 fully saturated rings. The smallest absolute Gasteiger partial charge is 1.00 e. The van der Waals surface area contributed by atoms with Crippen molar-refractivity contribution in [3.8, 4) is 11.5 Å². The number of benzene rings is 2. The molecule has 0 radical (unpaired) electrons. The van der Waals surface area contributed by atoms with Gasteiger partial charge < -0.3 is 12.4 Å². The van der Waals surface area contributed by atoms with Gasteiger partial charge in [-0.2, -0.15) is 0 Å². The Hall–Kier alpha value is -0.370. The fraction of sp³-hybridized carbons (Fsp3) is 0. The first-order chi connectivity index (χ1) is 10.3. The Bertz CT molecular complexity index is 677. The van der Waals surface area contributed by atoms with E-state index in [2.05, 4.69) is 0 Å². The van der Waals surface area contributed by atoms with Crippen LogP contribution in [0.5, 0.6) is 11.5 Å². The summed E-state index contributed by atoms with van der Waals surface area (Å²) in [5.41, 5.74) is -0.394. The molecule has 2 aromatic rings. The fourth-order valence-corrected chi connectivity index (χ4v) is 3.92. The van der Waals surface area contributed by atoms with Gasteiger partial charge in [-0.15, -0.1) is 0 Å². The minimum Gasteiger partial charge on any atom is -1.00 e. The summed E-state index contributed by atoms with van der Waals surface area (Å²) in [6, 6.07) is 9.16. The molecule has 0 saturated heterocycles. The molecule has 0 atom stereocenters. The molecule has 0 aromatic heterocycles. The van der Waals surface area contributed by atoms with E-state index in [1.54, 1.807) is 24.3 Å². The number of nitro benzene ring substituents is 2. The van der Waals surface area contributed by atoms with Crippen LogP contribution in [0.4, 0.5) is 11.4 Å². The number of rotatable bonds is 2. The first-order valence-electron chi connectivity index (χ1n) is 5.82. The number of aromatic hydroxyl groups is 2. The fourth-order valence-electron chi connectivity index (χ4n) is 1.45. The number of hydrogen-bond acceptors (Lipinski definition) is 6. The van der Waals surface area contributed by atoms with Gasteiger partial charge in [0.25, 0.3) is 0 Å². The van der Waals surface area contributed by atoms with Crippen molar-refractivity contribution >= 4 is 17.5 Å². The van der Waals surface area contributed by atoms with Crippen LogP contribution in [-0.4, -0.2) is 31.0 Å². The molecule has 124 valence electrons. The van der Waals surface area contributed by atoms with Crippen LogP contribution in [0.2, 0.25) is 0 Å². The van der Waals surface area contributed by atoms with Crippen molar-refractivity contribution in [2.24, 2.45) is 0 Å². The van der Waals surface area contributed by atoms with Crippen LogP contribution in [0.1, 0.15) is 1.43 Å². The maximum absolute atomic E-state index is 10.2. The Balaban J connectivity index is -0.000000161. The molecule has 0 aliphatic heterocycles. The second kappa shape index (κ2) is 13.8. The van der Waals surface area contributed by atoms with Crippen molar-refractivity contribution < 1.29 is 114 Å². The van der Waals surface area contributed by atoms with Crippen LogP contribution in [0.25, 0.3) is 0 Å². The third-order valence-corrected chi connectivity index (χ3v) is 7.03. The molecule has 0 bridgehead atoms. The first-order valence-corrected chi connectivity index (χ1v) is 11.3. The van der Waals surface area contributed by atoms with E-state index in [9.17, 15) is 30.4 Å². The molecule has 10 nitrogen and oxygen atoms in total. The molecule has 2 aromatic carbocycles. The quantitative estimate of drug-likeness (QED) is 0.182. The van der Waals surface area contributed by atoms with E-state index in [0.29, 0.717) is 6.14 Å². The van der Waals surface area contributed by atoms with Gasteiger partial charge in [-0.1, -0.05) is 0 Å². The van der Waals surface area contributed by atoms with Crippen molar-refractivity contribution in [2.75, 3.05) is 0 Å². The molecule has 0 saturated carbocycles. The Labute approximate surface area is 197 Å². The molecule has 25 heavy (non-hydrogen) atoms. The molecule has 0 aliphatic rings. The van der Waals surface area contributed by atoms with Crippen molar-refractivity contribution in [2.45, 2.75) is 0 Å². The third-order valence-electron chi connectivity index (χ3n) is 2.59. The zero-order valence-corrected chi connectivity index (χ0v) is 26.3. The summed E-state index contributed by atoms with van der Waals surface area (Å²) in [7, 11) is 0. The van der Waals surface area contributed by atoms with E-state index >= 15 is 0 Å². The Morgan fingerprint density at radius 2 is 1.08 bits per heavy atom. The van der Waals surface area contributed by atoms with E-state index in [1.165, 1.54) is 12.1 Å². The van der Waals surface area contributed by atoms with Crippen LogP contribution in [-0.2, 0) is 52.2 Å². The second-order valence-electron chi connectivity index (χ2n) is 4.08. The molecular weight excluding hydrogens is 724 g/mol. The minimum atomic E-state index is -0.578. The van der Waals surface area contributed by atoms with Crippen molar-refractivity contribution in [3.05, 3.63) is 56.6 Å². The summed E-state index contributed by atoms with van der Waals surface area (Å²) in [6.07, 6.45) is 0. The average molecular weight is 737 g/mol. The van der Waals surface area contributed by atoms with E-state index in [0.717, 1.165) is 0 Å². The van der Waals surface area contributed by atoms with Gasteiger partial charge in [0, 0.05) is 0 Å². The zero-order valence-electron chi connectivity index (χ0n) is 14.3. The number of nitro groups is 2. The van der Waals surface area contributed by atoms with Gasteiger partial charge in [-0.25, -0.2) is 0 Å². The molecule has 6 N–H and O–H groups in total. The molecule has 13 heteroatoms. The van der Waals surface area contributed by atoms with Crippen LogP contribution >= 0.6 is 0 Å². The Kier molecular flexibility index (Phi) is 16.2. The summed E-state index contributed by atoms with van der Waals surface area (Å²) in [5.74, 6) is -0.332. The van der Waals surface area contributed by atoms with Crippen LogP contribution in [0.15, 0.2) is 36.4 Å². The van der Waals surface area contributed by atoms with E-state index in [1.807, 2.05) is 0 Å². The topological polar surface area (TPSA) is 190 Å². The normalized spacial score (nSPS) is 8.48. The molecular formula is C12H13Hg2N2NaO8. The molecule has 0 aliphatic carbocycles. The predicted octanol–water partition coefficient (Wildman–Crippen LogP) is -3.59. The van der Waals surface area contributed by atoms with Crippen LogP contribution in [0, 0.1) is 20.2 Å². The van der Waals surface area contributed by atoms with E-state index < -0.39 is 9.85 Å². The summed E-state index contributed by atoms with van der Waals surface area (Å²) in [4.78, 5) is 19.3. The monoisotopic (exact) mass is 740 g/mol. The van der Waals surface area contributed by atoms with Crippen molar-refractivity contribution in [3.63, 3.8) is 0 Å². The first kappa shape index (κ1) is 29.4. The van der Waals surface area contributed by atoms with Gasteiger partial charge >= 0.3 is 188 Å². The second-order valence-corrected chi connectivity index (χ2v) is 10.0. The zero-order chi connectivity index (χ0) is 16.9. The summed E-state index contributed by atoms with van der Waals surface area (Å²) < 4.78 is 1.42. The molecule has 2 rings (SSSR count). The van der Waals surface area contributed by atoms with Gasteiger partial charge in [0.2, 0.25) is 0 Å². The van der Waals surface area contributed by atoms with Gasteiger partial charge in [-0.3, -0.25) is 0 Å². The summed E-state index contributed by atoms with van der Waals surface area (Å²) >= 11 is 0.434. The number of nitrogens with zero attached hydrogens (tertiary/aromatic N) is 2. The van der Waals surface area contributed by atoms with Crippen molar-refractivity contribution in [1.29, 1.82) is 0 Å². The maximum Gasteiger partial charge on any atom is 1.00 e. The number of phenolic OH excluding ortho intramolecular Hbond substituents is 2. The minimum absolute atomic E-state index is 0. The maximum atomic E-state index is 10.2. The van der Waals surface area contributed by atoms with Crippen LogP contribution < -0.4 is 35.7 Å². The molecule has 0 heterocycles. The SMILES string of the molecule is O.O.O=[N+]([O-])c1ccc[c]([Hg])c1O.O=[N+]([O-])c1ccc[c]([Hg])c1O.[H-].[Na+].